The van der Waals surface area contributed by atoms with Gasteiger partial charge in [0.25, 0.3) is 0 Å². The second kappa shape index (κ2) is 7.18. The molecule has 1 nitrogen and oxygen atoms in total. The molecule has 0 radical (unpaired) electrons. The molecule has 0 aromatic carbocycles. The summed E-state index contributed by atoms with van der Waals surface area (Å²) in [6.45, 7) is 7.72. The van der Waals surface area contributed by atoms with Crippen LogP contribution < -0.4 is 5.32 Å². The van der Waals surface area contributed by atoms with Crippen LogP contribution in [0.1, 0.15) is 40.0 Å². The number of hydrogen-bond acceptors (Lipinski definition) is 1. The first-order valence-corrected chi connectivity index (χ1v) is 4.93. The standard InChI is InChI=1S/C11H21N/c1-5-8-11(10(4)7-3)12-9-6-2/h1,10-12H,6-9H2,2-4H3. The Morgan fingerprint density at radius 1 is 1.42 bits per heavy atom. The fraction of sp³-hybridized carbons (Fsp3) is 0.818. The first kappa shape index (κ1) is 11.5. The van der Waals surface area contributed by atoms with E-state index in [-0.39, 0.29) is 0 Å². The molecule has 2 unspecified atom stereocenters. The molecule has 0 aromatic rings. The molecule has 0 aromatic heterocycles. The average molecular weight is 167 g/mol. The maximum Gasteiger partial charge on any atom is 0.0243 e. The van der Waals surface area contributed by atoms with Gasteiger partial charge in [0.1, 0.15) is 0 Å². The normalized spacial score (nSPS) is 15.2. The molecule has 0 aliphatic carbocycles. The monoisotopic (exact) mass is 167 g/mol. The van der Waals surface area contributed by atoms with Crippen LogP contribution in [0.25, 0.3) is 0 Å². The summed E-state index contributed by atoms with van der Waals surface area (Å²) < 4.78 is 0. The second-order valence-electron chi connectivity index (χ2n) is 3.35. The minimum absolute atomic E-state index is 0.514. The van der Waals surface area contributed by atoms with Crippen LogP contribution in [0.5, 0.6) is 0 Å². The highest BCUT2D eigenvalue weighted by molar-refractivity contribution is 4.91. The summed E-state index contributed by atoms with van der Waals surface area (Å²) in [5, 5.41) is 3.48. The van der Waals surface area contributed by atoms with E-state index in [0.29, 0.717) is 12.0 Å². The van der Waals surface area contributed by atoms with Gasteiger partial charge in [-0.3, -0.25) is 0 Å². The van der Waals surface area contributed by atoms with E-state index in [4.69, 9.17) is 6.42 Å². The molecular formula is C11H21N. The summed E-state index contributed by atoms with van der Waals surface area (Å²) in [5.74, 6) is 3.42. The summed E-state index contributed by atoms with van der Waals surface area (Å²) >= 11 is 0. The number of rotatable bonds is 6. The minimum atomic E-state index is 0.514. The van der Waals surface area contributed by atoms with Crippen LogP contribution in [0.15, 0.2) is 0 Å². The highest BCUT2D eigenvalue weighted by atomic mass is 14.9. The predicted molar refractivity (Wildman–Crippen MR) is 55.0 cm³/mol. The van der Waals surface area contributed by atoms with Crippen molar-refractivity contribution in [2.75, 3.05) is 6.54 Å². The lowest BCUT2D eigenvalue weighted by Gasteiger charge is -2.21. The van der Waals surface area contributed by atoms with Gasteiger partial charge in [-0.15, -0.1) is 12.3 Å². The third-order valence-corrected chi connectivity index (χ3v) is 2.33. The summed E-state index contributed by atoms with van der Waals surface area (Å²) in [4.78, 5) is 0. The minimum Gasteiger partial charge on any atom is -0.313 e. The molecule has 1 heteroatoms. The fourth-order valence-corrected chi connectivity index (χ4v) is 1.22. The van der Waals surface area contributed by atoms with Crippen molar-refractivity contribution in [1.82, 2.24) is 5.32 Å². The molecular weight excluding hydrogens is 146 g/mol. The highest BCUT2D eigenvalue weighted by Gasteiger charge is 2.12. The van der Waals surface area contributed by atoms with E-state index < -0.39 is 0 Å². The molecule has 0 spiro atoms. The Kier molecular flexibility index (Phi) is 6.90. The van der Waals surface area contributed by atoms with Crippen LogP contribution in [0.2, 0.25) is 0 Å². The summed E-state index contributed by atoms with van der Waals surface area (Å²) in [7, 11) is 0. The highest BCUT2D eigenvalue weighted by Crippen LogP contribution is 2.10. The van der Waals surface area contributed by atoms with E-state index in [1.807, 2.05) is 0 Å². The van der Waals surface area contributed by atoms with Gasteiger partial charge in [0.05, 0.1) is 0 Å². The van der Waals surface area contributed by atoms with E-state index in [2.05, 4.69) is 32.0 Å². The van der Waals surface area contributed by atoms with Crippen molar-refractivity contribution in [3.63, 3.8) is 0 Å². The van der Waals surface area contributed by atoms with Gasteiger partial charge in [0, 0.05) is 12.5 Å². The molecule has 0 amide bonds. The Hall–Kier alpha value is -0.480. The van der Waals surface area contributed by atoms with Crippen molar-refractivity contribution < 1.29 is 0 Å². The molecule has 0 saturated heterocycles. The van der Waals surface area contributed by atoms with Crippen LogP contribution in [0, 0.1) is 18.3 Å². The van der Waals surface area contributed by atoms with Gasteiger partial charge in [0.15, 0.2) is 0 Å². The average Bonchev–Trinajstić information content (AvgIpc) is 2.11. The van der Waals surface area contributed by atoms with Crippen LogP contribution in [-0.4, -0.2) is 12.6 Å². The SMILES string of the molecule is C#CCC(NCCC)C(C)CC. The Labute approximate surface area is 76.9 Å². The van der Waals surface area contributed by atoms with Crippen molar-refractivity contribution in [1.29, 1.82) is 0 Å². The van der Waals surface area contributed by atoms with Gasteiger partial charge in [-0.05, 0) is 18.9 Å². The smallest absolute Gasteiger partial charge is 0.0243 e. The number of nitrogens with one attached hydrogen (secondary N) is 1. The van der Waals surface area contributed by atoms with Crippen molar-refractivity contribution in [2.24, 2.45) is 5.92 Å². The molecule has 0 saturated carbocycles. The molecule has 0 fully saturated rings. The van der Waals surface area contributed by atoms with E-state index in [1.165, 1.54) is 12.8 Å². The lowest BCUT2D eigenvalue weighted by atomic mass is 9.96. The summed E-state index contributed by atoms with van der Waals surface area (Å²) in [6.07, 6.45) is 8.54. The van der Waals surface area contributed by atoms with Crippen molar-refractivity contribution in [3.8, 4) is 12.3 Å². The molecule has 70 valence electrons. The second-order valence-corrected chi connectivity index (χ2v) is 3.35. The lowest BCUT2D eigenvalue weighted by Crippen LogP contribution is -2.34. The first-order chi connectivity index (χ1) is 5.76. The molecule has 12 heavy (non-hydrogen) atoms. The molecule has 2 atom stereocenters. The quantitative estimate of drug-likeness (QED) is 0.599. The molecule has 0 aliphatic heterocycles. The summed E-state index contributed by atoms with van der Waals surface area (Å²) in [5.41, 5.74) is 0. The van der Waals surface area contributed by atoms with Crippen molar-refractivity contribution in [3.05, 3.63) is 0 Å². The van der Waals surface area contributed by atoms with Gasteiger partial charge in [0.2, 0.25) is 0 Å². The van der Waals surface area contributed by atoms with Gasteiger partial charge in [-0.2, -0.15) is 0 Å². The molecule has 0 aliphatic rings. The van der Waals surface area contributed by atoms with E-state index in [9.17, 15) is 0 Å². The zero-order valence-electron chi connectivity index (χ0n) is 8.56. The van der Waals surface area contributed by atoms with Crippen LogP contribution in [-0.2, 0) is 0 Å². The Morgan fingerprint density at radius 3 is 2.50 bits per heavy atom. The van der Waals surface area contributed by atoms with Gasteiger partial charge in [-0.1, -0.05) is 27.2 Å². The van der Waals surface area contributed by atoms with Crippen LogP contribution >= 0.6 is 0 Å². The topological polar surface area (TPSA) is 12.0 Å². The zero-order valence-corrected chi connectivity index (χ0v) is 8.56. The third-order valence-electron chi connectivity index (χ3n) is 2.33. The maximum atomic E-state index is 5.30. The predicted octanol–water partition coefficient (Wildman–Crippen LogP) is 2.42. The maximum absolute atomic E-state index is 5.30. The van der Waals surface area contributed by atoms with Gasteiger partial charge >= 0.3 is 0 Å². The van der Waals surface area contributed by atoms with Crippen molar-refractivity contribution in [2.45, 2.75) is 46.1 Å². The van der Waals surface area contributed by atoms with E-state index in [0.717, 1.165) is 13.0 Å². The molecule has 1 N–H and O–H groups in total. The van der Waals surface area contributed by atoms with E-state index in [1.54, 1.807) is 0 Å². The van der Waals surface area contributed by atoms with Gasteiger partial charge < -0.3 is 5.32 Å². The first-order valence-electron chi connectivity index (χ1n) is 4.93. The van der Waals surface area contributed by atoms with Gasteiger partial charge in [-0.25, -0.2) is 0 Å². The molecule has 0 heterocycles. The van der Waals surface area contributed by atoms with Crippen molar-refractivity contribution >= 4 is 0 Å². The Balaban J connectivity index is 3.78. The fourth-order valence-electron chi connectivity index (χ4n) is 1.22. The largest absolute Gasteiger partial charge is 0.313 e. The third kappa shape index (κ3) is 4.41. The Morgan fingerprint density at radius 2 is 2.08 bits per heavy atom. The van der Waals surface area contributed by atoms with Crippen LogP contribution in [0.4, 0.5) is 0 Å². The van der Waals surface area contributed by atoms with E-state index >= 15 is 0 Å². The Bertz CT molecular complexity index is 134. The zero-order chi connectivity index (χ0) is 9.40. The lowest BCUT2D eigenvalue weighted by molar-refractivity contribution is 0.373. The van der Waals surface area contributed by atoms with Crippen LogP contribution in [0.3, 0.4) is 0 Å². The molecule has 0 bridgehead atoms. The molecule has 0 rings (SSSR count). The number of hydrogen-bond donors (Lipinski definition) is 1. The number of terminal acetylenes is 1. The summed E-state index contributed by atoms with van der Waals surface area (Å²) in [6, 6.07) is 0.514.